The molecule has 0 aromatic heterocycles. The van der Waals surface area contributed by atoms with E-state index in [0.717, 1.165) is 28.9 Å². The number of urea groups is 1. The lowest BCUT2D eigenvalue weighted by atomic mass is 10.1. The molecule has 2 aromatic carbocycles. The highest BCUT2D eigenvalue weighted by Gasteiger charge is 2.39. The zero-order chi connectivity index (χ0) is 23.5. The second-order valence-electron chi connectivity index (χ2n) is 7.98. The average Bonchev–Trinajstić information content (AvgIpc) is 3.35. The standard InChI is InChI=1S/C24H27N3O6/c1-31-16-7-5-15(6-8-16)27-23(29)19(26-24(27)30)10-11-22(28)25-18-9-4-14-12-20(32-2)21(33-3)13-17(14)18/h5-8,12-13,18-19H,4,9-11H2,1-3H3,(H,25,28)(H,26,30)/t18-,19-/m0/s1. The van der Waals surface area contributed by atoms with Crippen LogP contribution in [-0.4, -0.2) is 45.2 Å². The zero-order valence-corrected chi connectivity index (χ0v) is 18.8. The van der Waals surface area contributed by atoms with Crippen molar-refractivity contribution in [3.05, 3.63) is 47.5 Å². The molecule has 2 aromatic rings. The molecule has 2 N–H and O–H groups in total. The van der Waals surface area contributed by atoms with Crippen LogP contribution in [0.15, 0.2) is 36.4 Å². The zero-order valence-electron chi connectivity index (χ0n) is 18.8. The van der Waals surface area contributed by atoms with E-state index in [0.29, 0.717) is 22.9 Å². The molecular formula is C24H27N3O6. The van der Waals surface area contributed by atoms with Crippen molar-refractivity contribution in [3.8, 4) is 17.2 Å². The van der Waals surface area contributed by atoms with Crippen LogP contribution in [0.1, 0.15) is 36.4 Å². The van der Waals surface area contributed by atoms with Gasteiger partial charge in [-0.3, -0.25) is 9.59 Å². The number of ether oxygens (including phenoxy) is 3. The minimum absolute atomic E-state index is 0.117. The van der Waals surface area contributed by atoms with E-state index < -0.39 is 12.1 Å². The van der Waals surface area contributed by atoms with Gasteiger partial charge in [0.25, 0.3) is 5.91 Å². The molecule has 0 radical (unpaired) electrons. The molecule has 174 valence electrons. The summed E-state index contributed by atoms with van der Waals surface area (Å²) in [5.41, 5.74) is 2.58. The van der Waals surface area contributed by atoms with Gasteiger partial charge in [-0.15, -0.1) is 0 Å². The van der Waals surface area contributed by atoms with Gasteiger partial charge < -0.3 is 24.8 Å². The lowest BCUT2D eigenvalue weighted by Gasteiger charge is -2.17. The van der Waals surface area contributed by atoms with E-state index in [1.807, 2.05) is 12.1 Å². The van der Waals surface area contributed by atoms with Gasteiger partial charge in [-0.05, 0) is 66.8 Å². The van der Waals surface area contributed by atoms with Gasteiger partial charge >= 0.3 is 6.03 Å². The molecule has 2 atom stereocenters. The highest BCUT2D eigenvalue weighted by Crippen LogP contribution is 2.39. The fourth-order valence-corrected chi connectivity index (χ4v) is 4.33. The van der Waals surface area contributed by atoms with Crippen LogP contribution in [0.5, 0.6) is 17.2 Å². The van der Waals surface area contributed by atoms with Crippen LogP contribution in [0.2, 0.25) is 0 Å². The van der Waals surface area contributed by atoms with Crippen LogP contribution in [0.4, 0.5) is 10.5 Å². The molecule has 2 aliphatic rings. The number of fused-ring (bicyclic) bond motifs is 1. The largest absolute Gasteiger partial charge is 0.497 e. The minimum Gasteiger partial charge on any atom is -0.497 e. The van der Waals surface area contributed by atoms with E-state index in [-0.39, 0.29) is 30.7 Å². The summed E-state index contributed by atoms with van der Waals surface area (Å²) >= 11 is 0. The number of carbonyl (C=O) groups is 3. The molecule has 33 heavy (non-hydrogen) atoms. The first-order valence-electron chi connectivity index (χ1n) is 10.8. The SMILES string of the molecule is COc1ccc(N2C(=O)N[C@@H](CCC(=O)N[C@H]3CCc4cc(OC)c(OC)cc43)C2=O)cc1. The Hall–Kier alpha value is -3.75. The number of hydrogen-bond donors (Lipinski definition) is 2. The summed E-state index contributed by atoms with van der Waals surface area (Å²) in [6.45, 7) is 0. The van der Waals surface area contributed by atoms with Crippen molar-refractivity contribution < 1.29 is 28.6 Å². The third-order valence-electron chi connectivity index (χ3n) is 6.07. The molecular weight excluding hydrogens is 426 g/mol. The average molecular weight is 453 g/mol. The summed E-state index contributed by atoms with van der Waals surface area (Å²) in [6, 6.07) is 9.13. The molecule has 9 nitrogen and oxygen atoms in total. The lowest BCUT2D eigenvalue weighted by Crippen LogP contribution is -2.33. The summed E-state index contributed by atoms with van der Waals surface area (Å²) in [5.74, 6) is 1.37. The Morgan fingerprint density at radius 3 is 2.42 bits per heavy atom. The number of rotatable bonds is 8. The van der Waals surface area contributed by atoms with Gasteiger partial charge in [0.15, 0.2) is 11.5 Å². The van der Waals surface area contributed by atoms with Gasteiger partial charge in [-0.2, -0.15) is 0 Å². The monoisotopic (exact) mass is 453 g/mol. The maximum absolute atomic E-state index is 12.8. The maximum Gasteiger partial charge on any atom is 0.329 e. The van der Waals surface area contributed by atoms with Gasteiger partial charge in [0.1, 0.15) is 11.8 Å². The second kappa shape index (κ2) is 9.40. The summed E-state index contributed by atoms with van der Waals surface area (Å²) in [5, 5.41) is 5.71. The van der Waals surface area contributed by atoms with Gasteiger partial charge in [0.2, 0.25) is 5.91 Å². The van der Waals surface area contributed by atoms with Crippen molar-refractivity contribution in [3.63, 3.8) is 0 Å². The number of hydrogen-bond acceptors (Lipinski definition) is 6. The Morgan fingerprint density at radius 2 is 1.76 bits per heavy atom. The molecule has 0 spiro atoms. The molecule has 0 saturated carbocycles. The van der Waals surface area contributed by atoms with Gasteiger partial charge in [0.05, 0.1) is 33.1 Å². The van der Waals surface area contributed by atoms with Crippen LogP contribution >= 0.6 is 0 Å². The van der Waals surface area contributed by atoms with Gasteiger partial charge in [-0.25, -0.2) is 9.69 Å². The Morgan fingerprint density at radius 1 is 1.06 bits per heavy atom. The first-order valence-corrected chi connectivity index (χ1v) is 10.8. The first-order chi connectivity index (χ1) is 15.9. The number of anilines is 1. The first kappa shape index (κ1) is 22.4. The number of methoxy groups -OCH3 is 3. The molecule has 0 bridgehead atoms. The number of nitrogens with one attached hydrogen (secondary N) is 2. The van der Waals surface area contributed by atoms with Crippen LogP contribution < -0.4 is 29.7 Å². The number of aryl methyl sites for hydroxylation is 1. The number of benzene rings is 2. The van der Waals surface area contributed by atoms with E-state index in [2.05, 4.69) is 10.6 Å². The predicted molar refractivity (Wildman–Crippen MR) is 121 cm³/mol. The molecule has 1 aliphatic heterocycles. The second-order valence-corrected chi connectivity index (χ2v) is 7.98. The van der Waals surface area contributed by atoms with E-state index in [1.54, 1.807) is 45.6 Å². The molecule has 1 saturated heterocycles. The van der Waals surface area contributed by atoms with Crippen molar-refractivity contribution >= 4 is 23.5 Å². The normalized spacial score (nSPS) is 19.2. The summed E-state index contributed by atoms with van der Waals surface area (Å²) < 4.78 is 15.9. The van der Waals surface area contributed by atoms with Crippen molar-refractivity contribution in [2.24, 2.45) is 0 Å². The Kier molecular flexibility index (Phi) is 6.39. The topological polar surface area (TPSA) is 106 Å². The fourth-order valence-electron chi connectivity index (χ4n) is 4.33. The smallest absolute Gasteiger partial charge is 0.329 e. The fraction of sp³-hybridized carbons (Fsp3) is 0.375. The number of imide groups is 1. The summed E-state index contributed by atoms with van der Waals surface area (Å²) in [7, 11) is 4.72. The van der Waals surface area contributed by atoms with Crippen LogP contribution in [0.25, 0.3) is 0 Å². The van der Waals surface area contributed by atoms with E-state index in [1.165, 1.54) is 0 Å². The van der Waals surface area contributed by atoms with Crippen LogP contribution in [0.3, 0.4) is 0 Å². The summed E-state index contributed by atoms with van der Waals surface area (Å²) in [6.07, 6.45) is 1.94. The Bertz CT molecular complexity index is 1070. The van der Waals surface area contributed by atoms with Crippen LogP contribution in [0, 0.1) is 0 Å². The molecule has 4 amide bonds. The molecule has 4 rings (SSSR count). The highest BCUT2D eigenvalue weighted by atomic mass is 16.5. The molecule has 9 heteroatoms. The molecule has 1 heterocycles. The van der Waals surface area contributed by atoms with Crippen molar-refractivity contribution in [2.75, 3.05) is 26.2 Å². The van der Waals surface area contributed by atoms with Gasteiger partial charge in [0, 0.05) is 6.42 Å². The maximum atomic E-state index is 12.8. The quantitative estimate of drug-likeness (QED) is 0.596. The highest BCUT2D eigenvalue weighted by molar-refractivity contribution is 6.21. The van der Waals surface area contributed by atoms with E-state index >= 15 is 0 Å². The summed E-state index contributed by atoms with van der Waals surface area (Å²) in [4.78, 5) is 38.9. The number of carbonyl (C=O) groups excluding carboxylic acids is 3. The third-order valence-corrected chi connectivity index (χ3v) is 6.07. The van der Waals surface area contributed by atoms with E-state index in [9.17, 15) is 14.4 Å². The van der Waals surface area contributed by atoms with Crippen molar-refractivity contribution in [1.29, 1.82) is 0 Å². The number of amides is 4. The molecule has 1 fully saturated rings. The molecule has 0 unspecified atom stereocenters. The Balaban J connectivity index is 1.35. The minimum atomic E-state index is -0.745. The lowest BCUT2D eigenvalue weighted by molar-refractivity contribution is -0.122. The number of nitrogens with zero attached hydrogens (tertiary/aromatic N) is 1. The Labute approximate surface area is 192 Å². The van der Waals surface area contributed by atoms with Crippen molar-refractivity contribution in [2.45, 2.75) is 37.8 Å². The van der Waals surface area contributed by atoms with Crippen molar-refractivity contribution in [1.82, 2.24) is 10.6 Å². The van der Waals surface area contributed by atoms with Gasteiger partial charge in [-0.1, -0.05) is 0 Å². The predicted octanol–water partition coefficient (Wildman–Crippen LogP) is 2.72. The van der Waals surface area contributed by atoms with Crippen LogP contribution in [-0.2, 0) is 16.0 Å². The van der Waals surface area contributed by atoms with E-state index in [4.69, 9.17) is 14.2 Å². The third kappa shape index (κ3) is 4.44. The molecule has 1 aliphatic carbocycles.